The third kappa shape index (κ3) is 18.5. The molecule has 0 bridgehead atoms. The highest BCUT2D eigenvalue weighted by Gasteiger charge is 2.12. The number of unbranched alkanes of at least 4 members (excludes halogenated alkanes) is 12. The molecule has 28 heavy (non-hydrogen) atoms. The van der Waals surface area contributed by atoms with Crippen LogP contribution >= 0.6 is 0 Å². The normalized spacial score (nSPS) is 13.9. The van der Waals surface area contributed by atoms with Crippen LogP contribution in [0.1, 0.15) is 111 Å². The van der Waals surface area contributed by atoms with Crippen LogP contribution in [0.2, 0.25) is 0 Å². The zero-order valence-corrected chi connectivity index (χ0v) is 19.3. The Morgan fingerprint density at radius 1 is 0.857 bits per heavy atom. The average molecular weight is 395 g/mol. The molecule has 0 aromatic rings. The highest BCUT2D eigenvalue weighted by Crippen LogP contribution is 2.12. The first-order valence-corrected chi connectivity index (χ1v) is 12.1. The third-order valence-corrected chi connectivity index (χ3v) is 5.06. The Morgan fingerprint density at radius 3 is 1.86 bits per heavy atom. The Hall–Kier alpha value is -0.870. The van der Waals surface area contributed by atoms with E-state index in [9.17, 15) is 0 Å². The van der Waals surface area contributed by atoms with Gasteiger partial charge in [0.05, 0.1) is 12.4 Å². The van der Waals surface area contributed by atoms with Crippen molar-refractivity contribution in [1.82, 2.24) is 4.90 Å². The number of nitrogens with two attached hydrogens (primary N) is 2. The Bertz CT molecular complexity index is 374. The summed E-state index contributed by atoms with van der Waals surface area (Å²) in [6.07, 6.45) is 24.1. The summed E-state index contributed by atoms with van der Waals surface area (Å²) in [4.78, 5) is 6.95. The van der Waals surface area contributed by atoms with Crippen LogP contribution in [0, 0.1) is 0 Å². The van der Waals surface area contributed by atoms with Gasteiger partial charge in [0.1, 0.15) is 0 Å². The maximum atomic E-state index is 4.89. The van der Waals surface area contributed by atoms with Gasteiger partial charge in [0, 0.05) is 25.7 Å². The Kier molecular flexibility index (Phi) is 20.2. The lowest BCUT2D eigenvalue weighted by molar-refractivity contribution is 0.498. The van der Waals surface area contributed by atoms with Crippen molar-refractivity contribution in [1.29, 1.82) is 0 Å². The van der Waals surface area contributed by atoms with Crippen molar-refractivity contribution in [3.8, 4) is 0 Å². The standard InChI is InChI=1S/C22H42N2.C2H8N2/c1-3-5-6-7-8-9-10-11-12-13-14-15-16-17-18-20-24-21-19-23-22(24)4-2;1-2(3)4/h17-18H,3-16,19-21H2,1-2H3;2H,3-4H2,1H3. The van der Waals surface area contributed by atoms with Gasteiger partial charge in [-0.1, -0.05) is 96.6 Å². The number of hydrogen-bond donors (Lipinski definition) is 2. The molecule has 0 aliphatic carbocycles. The van der Waals surface area contributed by atoms with Crippen molar-refractivity contribution >= 4 is 5.84 Å². The van der Waals surface area contributed by atoms with E-state index in [0.717, 1.165) is 26.1 Å². The van der Waals surface area contributed by atoms with E-state index < -0.39 is 0 Å². The molecule has 0 unspecified atom stereocenters. The van der Waals surface area contributed by atoms with Gasteiger partial charge in [0.15, 0.2) is 0 Å². The third-order valence-electron chi connectivity index (χ3n) is 5.06. The molecule has 1 aliphatic heterocycles. The van der Waals surface area contributed by atoms with Crippen molar-refractivity contribution in [2.75, 3.05) is 19.6 Å². The smallest absolute Gasteiger partial charge is 0.0990 e. The molecular formula is C24H50N4. The molecule has 0 aromatic heterocycles. The summed E-state index contributed by atoms with van der Waals surface area (Å²) in [5.74, 6) is 1.30. The van der Waals surface area contributed by atoms with Gasteiger partial charge in [-0.15, -0.1) is 0 Å². The minimum absolute atomic E-state index is 0.167. The van der Waals surface area contributed by atoms with Crippen molar-refractivity contribution in [3.63, 3.8) is 0 Å². The quantitative estimate of drug-likeness (QED) is 0.191. The van der Waals surface area contributed by atoms with Crippen LogP contribution in [0.3, 0.4) is 0 Å². The van der Waals surface area contributed by atoms with Crippen LogP contribution in [-0.2, 0) is 0 Å². The molecule has 0 saturated carbocycles. The zero-order valence-electron chi connectivity index (χ0n) is 19.3. The molecule has 1 heterocycles. The average Bonchev–Trinajstić information content (AvgIpc) is 3.12. The molecule has 4 N–H and O–H groups in total. The van der Waals surface area contributed by atoms with Gasteiger partial charge in [0.25, 0.3) is 0 Å². The van der Waals surface area contributed by atoms with E-state index in [1.807, 2.05) is 0 Å². The van der Waals surface area contributed by atoms with E-state index in [1.54, 1.807) is 6.92 Å². The van der Waals surface area contributed by atoms with E-state index in [-0.39, 0.29) is 6.17 Å². The Morgan fingerprint density at radius 2 is 1.36 bits per heavy atom. The van der Waals surface area contributed by atoms with E-state index in [4.69, 9.17) is 11.5 Å². The maximum Gasteiger partial charge on any atom is 0.0990 e. The molecule has 1 aliphatic rings. The second kappa shape index (κ2) is 20.9. The summed E-state index contributed by atoms with van der Waals surface area (Å²) in [5, 5.41) is 0. The molecule has 4 nitrogen and oxygen atoms in total. The van der Waals surface area contributed by atoms with Crippen LogP contribution in [0.25, 0.3) is 0 Å². The minimum atomic E-state index is -0.167. The summed E-state index contributed by atoms with van der Waals surface area (Å²) in [5.41, 5.74) is 9.78. The lowest BCUT2D eigenvalue weighted by atomic mass is 10.0. The molecular weight excluding hydrogens is 344 g/mol. The summed E-state index contributed by atoms with van der Waals surface area (Å²) in [7, 11) is 0. The van der Waals surface area contributed by atoms with Crippen LogP contribution in [-0.4, -0.2) is 36.5 Å². The molecule has 0 fully saturated rings. The van der Waals surface area contributed by atoms with Gasteiger partial charge >= 0.3 is 0 Å². The molecule has 4 heteroatoms. The van der Waals surface area contributed by atoms with Gasteiger partial charge in [-0.05, 0) is 19.8 Å². The Labute approximate surface area is 176 Å². The monoisotopic (exact) mass is 394 g/mol. The van der Waals surface area contributed by atoms with E-state index in [1.165, 1.54) is 89.3 Å². The summed E-state index contributed by atoms with van der Waals surface area (Å²) in [6, 6.07) is 0. The predicted molar refractivity (Wildman–Crippen MR) is 127 cm³/mol. The second-order valence-corrected chi connectivity index (χ2v) is 8.11. The molecule has 0 atom stereocenters. The molecule has 0 radical (unpaired) electrons. The highest BCUT2D eigenvalue weighted by molar-refractivity contribution is 5.83. The summed E-state index contributed by atoms with van der Waals surface area (Å²) >= 11 is 0. The largest absolute Gasteiger partial charge is 0.355 e. The SMILES string of the molecule is CC(N)N.CCCCCCCCCCCCCCC=CCN1CCN=C1CC. The van der Waals surface area contributed by atoms with Gasteiger partial charge in [-0.2, -0.15) is 0 Å². The number of rotatable bonds is 16. The second-order valence-electron chi connectivity index (χ2n) is 8.11. The van der Waals surface area contributed by atoms with Crippen molar-refractivity contribution < 1.29 is 0 Å². The fourth-order valence-electron chi connectivity index (χ4n) is 3.48. The summed E-state index contributed by atoms with van der Waals surface area (Å²) < 4.78 is 0. The van der Waals surface area contributed by atoms with Crippen molar-refractivity contribution in [2.24, 2.45) is 16.5 Å². The number of hydrogen-bond acceptors (Lipinski definition) is 4. The molecule has 0 saturated heterocycles. The maximum absolute atomic E-state index is 4.89. The Balaban J connectivity index is 0.00000165. The molecule has 0 aromatic carbocycles. The first-order chi connectivity index (χ1) is 13.6. The fourth-order valence-corrected chi connectivity index (χ4v) is 3.48. The van der Waals surface area contributed by atoms with Crippen LogP contribution in [0.5, 0.6) is 0 Å². The van der Waals surface area contributed by atoms with Crippen LogP contribution in [0.15, 0.2) is 17.1 Å². The zero-order chi connectivity index (χ0) is 20.9. The van der Waals surface area contributed by atoms with Gasteiger partial charge in [-0.25, -0.2) is 0 Å². The van der Waals surface area contributed by atoms with E-state index in [0.29, 0.717) is 0 Å². The number of allylic oxidation sites excluding steroid dienone is 1. The van der Waals surface area contributed by atoms with Gasteiger partial charge in [-0.3, -0.25) is 4.99 Å². The number of amidine groups is 1. The fraction of sp³-hybridized carbons (Fsp3) is 0.875. The lowest BCUT2D eigenvalue weighted by Gasteiger charge is -2.16. The lowest BCUT2D eigenvalue weighted by Crippen LogP contribution is -2.27. The van der Waals surface area contributed by atoms with Crippen LogP contribution < -0.4 is 11.5 Å². The number of aliphatic imine (C=N–C) groups is 1. The first-order valence-electron chi connectivity index (χ1n) is 12.1. The topological polar surface area (TPSA) is 67.6 Å². The van der Waals surface area contributed by atoms with E-state index >= 15 is 0 Å². The minimum Gasteiger partial charge on any atom is -0.355 e. The van der Waals surface area contributed by atoms with Gasteiger partial charge in [0.2, 0.25) is 0 Å². The first kappa shape index (κ1) is 27.1. The van der Waals surface area contributed by atoms with Crippen molar-refractivity contribution in [2.45, 2.75) is 117 Å². The molecule has 0 spiro atoms. The van der Waals surface area contributed by atoms with E-state index in [2.05, 4.69) is 35.9 Å². The van der Waals surface area contributed by atoms with Gasteiger partial charge < -0.3 is 16.4 Å². The predicted octanol–water partition coefficient (Wildman–Crippen LogP) is 6.01. The highest BCUT2D eigenvalue weighted by atomic mass is 15.2. The van der Waals surface area contributed by atoms with Crippen LogP contribution in [0.4, 0.5) is 0 Å². The molecule has 0 amide bonds. The number of nitrogens with zero attached hydrogens (tertiary/aromatic N) is 2. The summed E-state index contributed by atoms with van der Waals surface area (Å²) in [6.45, 7) is 9.39. The molecule has 166 valence electrons. The molecule has 1 rings (SSSR count). The van der Waals surface area contributed by atoms with Crippen molar-refractivity contribution in [3.05, 3.63) is 12.2 Å².